The normalized spacial score (nSPS) is 22.1. The monoisotopic (exact) mass is 526 g/mol. The van der Waals surface area contributed by atoms with Crippen LogP contribution < -0.4 is 5.73 Å². The summed E-state index contributed by atoms with van der Waals surface area (Å²) >= 11 is 0. The minimum atomic E-state index is -0.658. The molecule has 0 unspecified atom stereocenters. The van der Waals surface area contributed by atoms with Gasteiger partial charge in [0.25, 0.3) is 0 Å². The minimum absolute atomic E-state index is 0.0884. The standard InChI is InChI=1S/C12H11FN4O3.C12H13FN4O/c13-9-2-1-3-14-11(9)12-10(17(19)20)6-16(15-12)7-4-8(18)5-7;13-9-2-1-3-15-11(9)12-10(14)6-17(16-12)7-4-8(18)5-7/h1-3,6-8,18H,4-5H2;1-3,6-8,18H,4-5,14H2. The summed E-state index contributed by atoms with van der Waals surface area (Å²) in [5.74, 6) is -1.10. The quantitative estimate of drug-likeness (QED) is 0.261. The molecular formula is C24H24F2N8O4. The molecule has 0 aliphatic heterocycles. The number of hydrogen-bond donors (Lipinski definition) is 3. The molecule has 4 N–H and O–H groups in total. The number of nitrogens with zero attached hydrogens (tertiary/aromatic N) is 7. The Morgan fingerprint density at radius 2 is 1.32 bits per heavy atom. The van der Waals surface area contributed by atoms with Gasteiger partial charge in [-0.25, -0.2) is 8.78 Å². The second-order valence-corrected chi connectivity index (χ2v) is 9.24. The second-order valence-electron chi connectivity index (χ2n) is 9.24. The molecule has 0 spiro atoms. The smallest absolute Gasteiger partial charge is 0.316 e. The number of halogens is 2. The van der Waals surface area contributed by atoms with Gasteiger partial charge in [0.05, 0.1) is 34.9 Å². The Morgan fingerprint density at radius 3 is 1.79 bits per heavy atom. The molecule has 0 saturated heterocycles. The van der Waals surface area contributed by atoms with Crippen molar-refractivity contribution >= 4 is 11.4 Å². The third-order valence-corrected chi connectivity index (χ3v) is 6.56. The van der Waals surface area contributed by atoms with Gasteiger partial charge in [0.1, 0.15) is 23.3 Å². The zero-order chi connectivity index (χ0) is 27.0. The minimum Gasteiger partial charge on any atom is -0.396 e. The predicted molar refractivity (Wildman–Crippen MR) is 130 cm³/mol. The van der Waals surface area contributed by atoms with E-state index in [1.807, 2.05) is 0 Å². The van der Waals surface area contributed by atoms with Crippen molar-refractivity contribution in [3.8, 4) is 22.8 Å². The van der Waals surface area contributed by atoms with E-state index in [9.17, 15) is 29.1 Å². The van der Waals surface area contributed by atoms with Gasteiger partial charge < -0.3 is 15.9 Å². The van der Waals surface area contributed by atoms with Crippen LogP contribution in [0.5, 0.6) is 0 Å². The molecule has 38 heavy (non-hydrogen) atoms. The van der Waals surface area contributed by atoms with Crippen LogP contribution in [-0.4, -0.2) is 56.9 Å². The van der Waals surface area contributed by atoms with Gasteiger partial charge in [0.15, 0.2) is 17.3 Å². The van der Waals surface area contributed by atoms with Crippen molar-refractivity contribution in [2.75, 3.05) is 5.73 Å². The van der Waals surface area contributed by atoms with Crippen LogP contribution in [0.25, 0.3) is 22.8 Å². The Labute approximate surface area is 214 Å². The number of pyridine rings is 2. The van der Waals surface area contributed by atoms with Crippen molar-refractivity contribution in [2.45, 2.75) is 50.0 Å². The van der Waals surface area contributed by atoms with Crippen molar-refractivity contribution in [1.29, 1.82) is 0 Å². The van der Waals surface area contributed by atoms with Gasteiger partial charge in [-0.1, -0.05) is 0 Å². The topological polar surface area (TPSA) is 171 Å². The molecule has 4 aromatic heterocycles. The van der Waals surface area contributed by atoms with Crippen LogP contribution in [0.2, 0.25) is 0 Å². The summed E-state index contributed by atoms with van der Waals surface area (Å²) < 4.78 is 30.4. The highest BCUT2D eigenvalue weighted by molar-refractivity contribution is 5.69. The summed E-state index contributed by atoms with van der Waals surface area (Å²) in [5.41, 5.74) is 6.24. The van der Waals surface area contributed by atoms with Crippen molar-refractivity contribution in [3.05, 3.63) is 70.8 Å². The zero-order valence-electron chi connectivity index (χ0n) is 19.9. The van der Waals surface area contributed by atoms with E-state index >= 15 is 0 Å². The predicted octanol–water partition coefficient (Wildman–Crippen LogP) is 3.05. The van der Waals surface area contributed by atoms with E-state index in [-0.39, 0.29) is 41.0 Å². The van der Waals surface area contributed by atoms with Crippen molar-refractivity contribution in [1.82, 2.24) is 29.5 Å². The molecule has 0 amide bonds. The first-order valence-corrected chi connectivity index (χ1v) is 11.9. The highest BCUT2D eigenvalue weighted by Crippen LogP contribution is 2.36. The summed E-state index contributed by atoms with van der Waals surface area (Å²) in [5, 5.41) is 38.0. The van der Waals surface area contributed by atoms with E-state index in [1.165, 1.54) is 47.5 Å². The molecule has 12 nitrogen and oxygen atoms in total. The van der Waals surface area contributed by atoms with Gasteiger partial charge >= 0.3 is 5.69 Å². The van der Waals surface area contributed by atoms with Crippen LogP contribution in [-0.2, 0) is 0 Å². The van der Waals surface area contributed by atoms with Gasteiger partial charge in [0, 0.05) is 18.6 Å². The molecular weight excluding hydrogens is 502 g/mol. The zero-order valence-corrected chi connectivity index (χ0v) is 19.9. The maximum absolute atomic E-state index is 13.7. The highest BCUT2D eigenvalue weighted by Gasteiger charge is 2.33. The first-order valence-electron chi connectivity index (χ1n) is 11.9. The molecule has 4 aromatic rings. The lowest BCUT2D eigenvalue weighted by Crippen LogP contribution is -2.31. The number of nitrogen functional groups attached to an aromatic ring is 1. The fourth-order valence-electron chi connectivity index (χ4n) is 4.32. The molecule has 2 saturated carbocycles. The average Bonchev–Trinajstić information content (AvgIpc) is 3.45. The number of aromatic nitrogens is 6. The number of nitrogens with two attached hydrogens (primary N) is 1. The molecule has 4 heterocycles. The summed E-state index contributed by atoms with van der Waals surface area (Å²) in [7, 11) is 0. The molecule has 2 aliphatic carbocycles. The lowest BCUT2D eigenvalue weighted by Gasteiger charge is -2.31. The van der Waals surface area contributed by atoms with Crippen LogP contribution in [0.3, 0.4) is 0 Å². The Kier molecular flexibility index (Phi) is 6.82. The van der Waals surface area contributed by atoms with Crippen molar-refractivity contribution in [3.63, 3.8) is 0 Å². The number of aliphatic hydroxyl groups excluding tert-OH is 2. The van der Waals surface area contributed by atoms with Crippen molar-refractivity contribution < 1.29 is 23.9 Å². The summed E-state index contributed by atoms with van der Waals surface area (Å²) in [6.07, 6.45) is 7.41. The molecule has 2 aliphatic rings. The average molecular weight is 527 g/mol. The number of nitro groups is 1. The number of anilines is 1. The third-order valence-electron chi connectivity index (χ3n) is 6.56. The van der Waals surface area contributed by atoms with Gasteiger partial charge in [-0.05, 0) is 49.9 Å². The SMILES string of the molecule is Nc1cn(C2CC(O)C2)nc1-c1ncccc1F.O=[N+]([O-])c1cn(C2CC(O)C2)nc1-c1ncccc1F. The Hall–Kier alpha value is -4.30. The Bertz CT molecular complexity index is 1460. The molecule has 0 aromatic carbocycles. The maximum atomic E-state index is 13.7. The first kappa shape index (κ1) is 25.4. The highest BCUT2D eigenvalue weighted by atomic mass is 19.1. The number of aliphatic hydroxyl groups is 2. The summed E-state index contributed by atoms with van der Waals surface area (Å²) in [6.45, 7) is 0. The van der Waals surface area contributed by atoms with E-state index in [2.05, 4.69) is 20.2 Å². The van der Waals surface area contributed by atoms with Gasteiger partial charge in [0.2, 0.25) is 0 Å². The molecule has 198 valence electrons. The lowest BCUT2D eigenvalue weighted by molar-refractivity contribution is -0.384. The van der Waals surface area contributed by atoms with Crippen LogP contribution in [0.4, 0.5) is 20.2 Å². The van der Waals surface area contributed by atoms with E-state index in [0.717, 1.165) is 0 Å². The van der Waals surface area contributed by atoms with Crippen LogP contribution in [0.15, 0.2) is 49.1 Å². The van der Waals surface area contributed by atoms with Gasteiger partial charge in [-0.2, -0.15) is 10.2 Å². The molecule has 0 radical (unpaired) electrons. The lowest BCUT2D eigenvalue weighted by atomic mass is 9.90. The van der Waals surface area contributed by atoms with Crippen LogP contribution >= 0.6 is 0 Å². The van der Waals surface area contributed by atoms with E-state index in [4.69, 9.17) is 5.73 Å². The Morgan fingerprint density at radius 1 is 0.842 bits per heavy atom. The third kappa shape index (κ3) is 4.95. The van der Waals surface area contributed by atoms with Gasteiger partial charge in [-0.3, -0.25) is 29.4 Å². The fraction of sp³-hybridized carbons (Fsp3) is 0.333. The van der Waals surface area contributed by atoms with Crippen molar-refractivity contribution in [2.24, 2.45) is 0 Å². The largest absolute Gasteiger partial charge is 0.396 e. The molecule has 0 atom stereocenters. The molecule has 0 bridgehead atoms. The number of hydrogen-bond acceptors (Lipinski definition) is 9. The number of rotatable bonds is 5. The fourth-order valence-corrected chi connectivity index (χ4v) is 4.32. The summed E-state index contributed by atoms with van der Waals surface area (Å²) in [6, 6.07) is 5.48. The van der Waals surface area contributed by atoms with E-state index in [0.29, 0.717) is 37.1 Å². The molecule has 6 rings (SSSR count). The molecule has 2 fully saturated rings. The van der Waals surface area contributed by atoms with Crippen LogP contribution in [0, 0.1) is 21.7 Å². The first-order chi connectivity index (χ1) is 18.2. The maximum Gasteiger partial charge on any atom is 0.316 e. The summed E-state index contributed by atoms with van der Waals surface area (Å²) in [4.78, 5) is 18.2. The van der Waals surface area contributed by atoms with E-state index < -0.39 is 22.7 Å². The van der Waals surface area contributed by atoms with Crippen LogP contribution in [0.1, 0.15) is 37.8 Å². The van der Waals surface area contributed by atoms with Gasteiger partial charge in [-0.15, -0.1) is 0 Å². The Balaban J connectivity index is 0.000000156. The molecule has 14 heteroatoms. The second kappa shape index (κ2) is 10.2. The van der Waals surface area contributed by atoms with E-state index in [1.54, 1.807) is 10.9 Å².